The molecule has 0 aliphatic carbocycles. The molecule has 1 heterocycles. The summed E-state index contributed by atoms with van der Waals surface area (Å²) in [4.78, 5) is 12.2. The number of aromatic carboxylic acids is 1. The van der Waals surface area contributed by atoms with Crippen LogP contribution in [0.4, 0.5) is 0 Å². The molecule has 1 aromatic carbocycles. The van der Waals surface area contributed by atoms with Gasteiger partial charge in [-0.1, -0.05) is 35.0 Å². The first-order valence-electron chi connectivity index (χ1n) is 6.40. The van der Waals surface area contributed by atoms with Gasteiger partial charge in [0.25, 0.3) is 0 Å². The first kappa shape index (κ1) is 15.2. The quantitative estimate of drug-likeness (QED) is 0.806. The first-order chi connectivity index (χ1) is 9.61. The zero-order chi connectivity index (χ0) is 14.5. The lowest BCUT2D eigenvalue weighted by Crippen LogP contribution is -2.19. The Balaban J connectivity index is 2.05. The van der Waals surface area contributed by atoms with E-state index in [1.807, 2.05) is 6.07 Å². The lowest BCUT2D eigenvalue weighted by Gasteiger charge is -2.16. The summed E-state index contributed by atoms with van der Waals surface area (Å²) < 4.78 is 0.825. The van der Waals surface area contributed by atoms with Crippen LogP contribution in [0.1, 0.15) is 40.2 Å². The molecule has 1 unspecified atom stereocenters. The van der Waals surface area contributed by atoms with Crippen molar-refractivity contribution in [1.29, 1.82) is 0 Å². The summed E-state index contributed by atoms with van der Waals surface area (Å²) in [7, 11) is 0. The van der Waals surface area contributed by atoms with E-state index in [4.69, 9.17) is 5.11 Å². The Bertz CT molecular complexity index is 584. The molecule has 0 radical (unpaired) electrons. The summed E-state index contributed by atoms with van der Waals surface area (Å²) in [6.45, 7) is 2.86. The van der Waals surface area contributed by atoms with Crippen molar-refractivity contribution < 1.29 is 9.90 Å². The van der Waals surface area contributed by atoms with Gasteiger partial charge < -0.3 is 10.4 Å². The molecule has 0 saturated heterocycles. The molecule has 2 aromatic rings. The second-order valence-corrected chi connectivity index (χ2v) is 6.30. The average molecular weight is 354 g/mol. The Morgan fingerprint density at radius 1 is 1.45 bits per heavy atom. The maximum Gasteiger partial charge on any atom is 0.335 e. The highest BCUT2D eigenvalue weighted by Gasteiger charge is 2.11. The Hall–Kier alpha value is -1.17. The lowest BCUT2D eigenvalue weighted by molar-refractivity contribution is 0.0697. The van der Waals surface area contributed by atoms with Gasteiger partial charge in [0.15, 0.2) is 0 Å². The van der Waals surface area contributed by atoms with Gasteiger partial charge in [-0.15, -0.1) is 11.3 Å². The standard InChI is InChI=1S/C15H16BrNO2S/c1-2-13(14-4-3-7-20-14)17-9-11-6-5-10(15(18)19)8-12(11)16/h3-8,13,17H,2,9H2,1H3,(H,18,19). The summed E-state index contributed by atoms with van der Waals surface area (Å²) in [5, 5.41) is 14.5. The third-order valence-corrected chi connectivity index (χ3v) is 4.86. The molecule has 3 nitrogen and oxygen atoms in total. The fraction of sp³-hybridized carbons (Fsp3) is 0.267. The molecular formula is C15H16BrNO2S. The lowest BCUT2D eigenvalue weighted by atomic mass is 10.1. The van der Waals surface area contributed by atoms with Gasteiger partial charge in [-0.3, -0.25) is 0 Å². The minimum atomic E-state index is -0.907. The number of hydrogen-bond donors (Lipinski definition) is 2. The van der Waals surface area contributed by atoms with Crippen molar-refractivity contribution in [2.45, 2.75) is 25.9 Å². The smallest absolute Gasteiger partial charge is 0.335 e. The van der Waals surface area contributed by atoms with E-state index in [0.29, 0.717) is 18.2 Å². The largest absolute Gasteiger partial charge is 0.478 e. The van der Waals surface area contributed by atoms with Gasteiger partial charge in [-0.05, 0) is 35.6 Å². The third kappa shape index (κ3) is 3.69. The van der Waals surface area contributed by atoms with Gasteiger partial charge in [0, 0.05) is 21.9 Å². The van der Waals surface area contributed by atoms with Gasteiger partial charge in [0.2, 0.25) is 0 Å². The van der Waals surface area contributed by atoms with Gasteiger partial charge >= 0.3 is 5.97 Å². The minimum absolute atomic E-state index is 0.297. The van der Waals surface area contributed by atoms with Crippen LogP contribution >= 0.6 is 27.3 Å². The van der Waals surface area contributed by atoms with Crippen LogP contribution in [-0.2, 0) is 6.54 Å². The SMILES string of the molecule is CCC(NCc1ccc(C(=O)O)cc1Br)c1cccs1. The minimum Gasteiger partial charge on any atom is -0.478 e. The number of carboxylic acids is 1. The molecule has 0 aliphatic rings. The Morgan fingerprint density at radius 3 is 2.80 bits per heavy atom. The van der Waals surface area contributed by atoms with Crippen molar-refractivity contribution in [3.63, 3.8) is 0 Å². The van der Waals surface area contributed by atoms with Crippen LogP contribution in [0.5, 0.6) is 0 Å². The van der Waals surface area contributed by atoms with Crippen molar-refractivity contribution in [3.8, 4) is 0 Å². The van der Waals surface area contributed by atoms with Gasteiger partial charge in [0.1, 0.15) is 0 Å². The normalized spacial score (nSPS) is 12.3. The monoisotopic (exact) mass is 353 g/mol. The number of carboxylic acid groups (broad SMARTS) is 1. The highest BCUT2D eigenvalue weighted by Crippen LogP contribution is 2.24. The Labute approximate surface area is 130 Å². The van der Waals surface area contributed by atoms with Crippen LogP contribution in [0.2, 0.25) is 0 Å². The van der Waals surface area contributed by atoms with Crippen molar-refractivity contribution in [2.24, 2.45) is 0 Å². The average Bonchev–Trinajstić information content (AvgIpc) is 2.95. The van der Waals surface area contributed by atoms with Gasteiger partial charge in [-0.2, -0.15) is 0 Å². The van der Waals surface area contributed by atoms with Gasteiger partial charge in [-0.25, -0.2) is 4.79 Å². The van der Waals surface area contributed by atoms with E-state index in [1.165, 1.54) is 4.88 Å². The number of nitrogens with one attached hydrogen (secondary N) is 1. The predicted octanol–water partition coefficient (Wildman–Crippen LogP) is 4.45. The second-order valence-electron chi connectivity index (χ2n) is 4.47. The predicted molar refractivity (Wildman–Crippen MR) is 85.3 cm³/mol. The molecule has 0 bridgehead atoms. The van der Waals surface area contributed by atoms with Crippen molar-refractivity contribution >= 4 is 33.2 Å². The zero-order valence-corrected chi connectivity index (χ0v) is 13.5. The highest BCUT2D eigenvalue weighted by molar-refractivity contribution is 9.10. The number of benzene rings is 1. The number of hydrogen-bond acceptors (Lipinski definition) is 3. The maximum atomic E-state index is 10.9. The molecule has 0 aliphatic heterocycles. The van der Waals surface area contributed by atoms with Crippen LogP contribution in [0.15, 0.2) is 40.2 Å². The summed E-state index contributed by atoms with van der Waals surface area (Å²) in [6, 6.07) is 9.65. The van der Waals surface area contributed by atoms with E-state index < -0.39 is 5.97 Å². The van der Waals surface area contributed by atoms with Crippen LogP contribution in [-0.4, -0.2) is 11.1 Å². The number of halogens is 1. The van der Waals surface area contributed by atoms with Crippen LogP contribution < -0.4 is 5.32 Å². The first-order valence-corrected chi connectivity index (χ1v) is 8.07. The van der Waals surface area contributed by atoms with E-state index in [0.717, 1.165) is 16.5 Å². The molecule has 1 atom stereocenters. The molecule has 106 valence electrons. The van der Waals surface area contributed by atoms with Gasteiger partial charge in [0.05, 0.1) is 5.56 Å². The molecule has 0 amide bonds. The van der Waals surface area contributed by atoms with E-state index >= 15 is 0 Å². The second kappa shape index (κ2) is 7.02. The van der Waals surface area contributed by atoms with E-state index in [-0.39, 0.29) is 0 Å². The Morgan fingerprint density at radius 2 is 2.25 bits per heavy atom. The molecule has 0 spiro atoms. The van der Waals surface area contributed by atoms with E-state index in [2.05, 4.69) is 45.7 Å². The molecule has 0 saturated carbocycles. The maximum absolute atomic E-state index is 10.9. The number of rotatable bonds is 6. The summed E-state index contributed by atoms with van der Waals surface area (Å²) in [5.74, 6) is -0.907. The summed E-state index contributed by atoms with van der Waals surface area (Å²) in [5.41, 5.74) is 1.36. The van der Waals surface area contributed by atoms with E-state index in [9.17, 15) is 4.79 Å². The van der Waals surface area contributed by atoms with Crippen LogP contribution in [0.25, 0.3) is 0 Å². The molecule has 2 N–H and O–H groups in total. The fourth-order valence-corrected chi connectivity index (χ4v) is 3.40. The summed E-state index contributed by atoms with van der Waals surface area (Å²) >= 11 is 5.18. The van der Waals surface area contributed by atoms with Crippen molar-refractivity contribution in [3.05, 3.63) is 56.2 Å². The zero-order valence-electron chi connectivity index (χ0n) is 11.1. The molecule has 20 heavy (non-hydrogen) atoms. The van der Waals surface area contributed by atoms with Crippen LogP contribution in [0, 0.1) is 0 Å². The highest BCUT2D eigenvalue weighted by atomic mass is 79.9. The molecular weight excluding hydrogens is 338 g/mol. The molecule has 0 fully saturated rings. The van der Waals surface area contributed by atoms with E-state index in [1.54, 1.807) is 23.5 Å². The molecule has 2 rings (SSSR count). The Kier molecular flexibility index (Phi) is 5.34. The number of carbonyl (C=O) groups is 1. The van der Waals surface area contributed by atoms with Crippen LogP contribution in [0.3, 0.4) is 0 Å². The summed E-state index contributed by atoms with van der Waals surface area (Å²) in [6.07, 6.45) is 1.02. The molecule has 5 heteroatoms. The van der Waals surface area contributed by atoms with Crippen molar-refractivity contribution in [1.82, 2.24) is 5.32 Å². The molecule has 1 aromatic heterocycles. The number of thiophene rings is 1. The fourth-order valence-electron chi connectivity index (χ4n) is 1.99. The topological polar surface area (TPSA) is 49.3 Å². The van der Waals surface area contributed by atoms with Crippen molar-refractivity contribution in [2.75, 3.05) is 0 Å². The third-order valence-electron chi connectivity index (χ3n) is 3.13.